The molecular formula is C12H18N2. The van der Waals surface area contributed by atoms with Gasteiger partial charge in [0.2, 0.25) is 0 Å². The number of hydrogen-bond donors (Lipinski definition) is 2. The van der Waals surface area contributed by atoms with Crippen LogP contribution in [-0.2, 0) is 6.54 Å². The van der Waals surface area contributed by atoms with Crippen molar-refractivity contribution in [3.05, 3.63) is 41.6 Å². The van der Waals surface area contributed by atoms with E-state index in [4.69, 9.17) is 5.73 Å². The Morgan fingerprint density at radius 2 is 1.93 bits per heavy atom. The first kappa shape index (κ1) is 10.8. The largest absolute Gasteiger partial charge is 0.389 e. The number of hydrogen-bond acceptors (Lipinski definition) is 2. The van der Waals surface area contributed by atoms with Crippen molar-refractivity contribution >= 4 is 6.08 Å². The molecule has 0 radical (unpaired) electrons. The highest BCUT2D eigenvalue weighted by Gasteiger charge is 1.89. The molecule has 0 aliphatic carbocycles. The van der Waals surface area contributed by atoms with Crippen molar-refractivity contribution in [2.75, 3.05) is 0 Å². The minimum atomic E-state index is 0.481. The number of rotatable bonds is 4. The summed E-state index contributed by atoms with van der Waals surface area (Å²) in [5, 5.41) is 3.22. The van der Waals surface area contributed by atoms with Gasteiger partial charge in [-0.25, -0.2) is 0 Å². The van der Waals surface area contributed by atoms with Crippen molar-refractivity contribution in [2.45, 2.75) is 26.4 Å². The van der Waals surface area contributed by atoms with Gasteiger partial charge in [0.15, 0.2) is 0 Å². The maximum absolute atomic E-state index is 5.51. The molecule has 1 aromatic carbocycles. The molecule has 0 aliphatic rings. The standard InChI is InChI=1S/C12H18N2/c1-10(2)14-8-7-11-3-5-12(9-13)6-4-11/h3-8,10,14H,9,13H2,1-2H3/b8-7+. The van der Waals surface area contributed by atoms with E-state index in [0.29, 0.717) is 12.6 Å². The average Bonchev–Trinajstić information content (AvgIpc) is 2.18. The summed E-state index contributed by atoms with van der Waals surface area (Å²) in [6.45, 7) is 4.83. The minimum absolute atomic E-state index is 0.481. The van der Waals surface area contributed by atoms with Crippen LogP contribution in [0, 0.1) is 0 Å². The van der Waals surface area contributed by atoms with Crippen LogP contribution >= 0.6 is 0 Å². The fourth-order valence-electron chi connectivity index (χ4n) is 1.10. The molecule has 0 fully saturated rings. The maximum atomic E-state index is 5.51. The topological polar surface area (TPSA) is 38.0 Å². The highest BCUT2D eigenvalue weighted by molar-refractivity contribution is 5.49. The van der Waals surface area contributed by atoms with Crippen LogP contribution < -0.4 is 11.1 Å². The molecule has 2 nitrogen and oxygen atoms in total. The molecule has 0 atom stereocenters. The lowest BCUT2D eigenvalue weighted by atomic mass is 10.1. The predicted octanol–water partition coefficient (Wildman–Crippen LogP) is 2.11. The van der Waals surface area contributed by atoms with Gasteiger partial charge < -0.3 is 11.1 Å². The maximum Gasteiger partial charge on any atom is 0.0199 e. The van der Waals surface area contributed by atoms with Crippen molar-refractivity contribution in [1.82, 2.24) is 5.32 Å². The fourth-order valence-corrected chi connectivity index (χ4v) is 1.10. The lowest BCUT2D eigenvalue weighted by Crippen LogP contribution is -2.14. The first-order valence-corrected chi connectivity index (χ1v) is 4.94. The molecule has 3 N–H and O–H groups in total. The average molecular weight is 190 g/mol. The van der Waals surface area contributed by atoms with Crippen molar-refractivity contribution in [2.24, 2.45) is 5.73 Å². The van der Waals surface area contributed by atoms with E-state index < -0.39 is 0 Å². The summed E-state index contributed by atoms with van der Waals surface area (Å²) >= 11 is 0. The molecule has 0 aromatic heterocycles. The third-order valence-electron chi connectivity index (χ3n) is 1.92. The fraction of sp³-hybridized carbons (Fsp3) is 0.333. The van der Waals surface area contributed by atoms with Crippen molar-refractivity contribution in [3.63, 3.8) is 0 Å². The first-order valence-electron chi connectivity index (χ1n) is 4.94. The van der Waals surface area contributed by atoms with Gasteiger partial charge in [-0.2, -0.15) is 0 Å². The van der Waals surface area contributed by atoms with E-state index in [-0.39, 0.29) is 0 Å². The number of nitrogens with two attached hydrogens (primary N) is 1. The summed E-state index contributed by atoms with van der Waals surface area (Å²) in [5.74, 6) is 0. The second-order valence-electron chi connectivity index (χ2n) is 3.60. The Labute approximate surface area is 85.8 Å². The SMILES string of the molecule is CC(C)N/C=C/c1ccc(CN)cc1. The van der Waals surface area contributed by atoms with Gasteiger partial charge in [-0.15, -0.1) is 0 Å². The predicted molar refractivity (Wildman–Crippen MR) is 61.6 cm³/mol. The van der Waals surface area contributed by atoms with Gasteiger partial charge in [0, 0.05) is 12.6 Å². The third-order valence-corrected chi connectivity index (χ3v) is 1.92. The van der Waals surface area contributed by atoms with Crippen LogP contribution in [-0.4, -0.2) is 6.04 Å². The van der Waals surface area contributed by atoms with Crippen LogP contribution in [0.3, 0.4) is 0 Å². The monoisotopic (exact) mass is 190 g/mol. The van der Waals surface area contributed by atoms with Crippen molar-refractivity contribution in [1.29, 1.82) is 0 Å². The summed E-state index contributed by atoms with van der Waals surface area (Å²) in [7, 11) is 0. The third kappa shape index (κ3) is 3.62. The molecule has 0 unspecified atom stereocenters. The van der Waals surface area contributed by atoms with E-state index >= 15 is 0 Å². The summed E-state index contributed by atoms with van der Waals surface area (Å²) < 4.78 is 0. The van der Waals surface area contributed by atoms with Crippen LogP contribution in [0.25, 0.3) is 6.08 Å². The number of nitrogens with one attached hydrogen (secondary N) is 1. The molecule has 0 aliphatic heterocycles. The van der Waals surface area contributed by atoms with E-state index in [2.05, 4.69) is 49.5 Å². The number of benzene rings is 1. The summed E-state index contributed by atoms with van der Waals surface area (Å²) in [5.41, 5.74) is 7.87. The van der Waals surface area contributed by atoms with E-state index in [9.17, 15) is 0 Å². The van der Waals surface area contributed by atoms with Crippen LogP contribution in [0.15, 0.2) is 30.5 Å². The van der Waals surface area contributed by atoms with Gasteiger partial charge >= 0.3 is 0 Å². The summed E-state index contributed by atoms with van der Waals surface area (Å²) in [4.78, 5) is 0. The second-order valence-corrected chi connectivity index (χ2v) is 3.60. The van der Waals surface area contributed by atoms with Gasteiger partial charge in [-0.05, 0) is 37.3 Å². The molecule has 0 saturated heterocycles. The Kier molecular flexibility index (Phi) is 4.20. The Hall–Kier alpha value is -1.28. The molecule has 0 heterocycles. The Morgan fingerprint density at radius 1 is 1.29 bits per heavy atom. The lowest BCUT2D eigenvalue weighted by molar-refractivity contribution is 0.705. The second kappa shape index (κ2) is 5.45. The molecule has 0 bridgehead atoms. The molecule has 76 valence electrons. The zero-order valence-corrected chi connectivity index (χ0v) is 8.83. The van der Waals surface area contributed by atoms with Crippen LogP contribution in [0.1, 0.15) is 25.0 Å². The Morgan fingerprint density at radius 3 is 2.43 bits per heavy atom. The quantitative estimate of drug-likeness (QED) is 0.763. The van der Waals surface area contributed by atoms with Gasteiger partial charge in [0.1, 0.15) is 0 Å². The lowest BCUT2D eigenvalue weighted by Gasteiger charge is -2.02. The van der Waals surface area contributed by atoms with E-state index in [1.165, 1.54) is 11.1 Å². The van der Waals surface area contributed by atoms with Gasteiger partial charge in [-0.1, -0.05) is 24.3 Å². The summed E-state index contributed by atoms with van der Waals surface area (Å²) in [6, 6.07) is 8.72. The normalized spacial score (nSPS) is 11.1. The van der Waals surface area contributed by atoms with Crippen LogP contribution in [0.4, 0.5) is 0 Å². The van der Waals surface area contributed by atoms with E-state index in [1.54, 1.807) is 0 Å². The Balaban J connectivity index is 2.55. The smallest absolute Gasteiger partial charge is 0.0199 e. The molecule has 14 heavy (non-hydrogen) atoms. The molecule has 2 heteroatoms. The van der Waals surface area contributed by atoms with Gasteiger partial charge in [0.25, 0.3) is 0 Å². The summed E-state index contributed by atoms with van der Waals surface area (Å²) in [6.07, 6.45) is 4.03. The molecular weight excluding hydrogens is 172 g/mol. The van der Waals surface area contributed by atoms with E-state index in [1.807, 2.05) is 6.20 Å². The Bertz CT molecular complexity index is 286. The van der Waals surface area contributed by atoms with E-state index in [0.717, 1.165) is 0 Å². The highest BCUT2D eigenvalue weighted by Crippen LogP contribution is 2.04. The van der Waals surface area contributed by atoms with Crippen molar-refractivity contribution < 1.29 is 0 Å². The van der Waals surface area contributed by atoms with Gasteiger partial charge in [0.05, 0.1) is 0 Å². The molecule has 0 spiro atoms. The molecule has 1 aromatic rings. The van der Waals surface area contributed by atoms with Crippen LogP contribution in [0.2, 0.25) is 0 Å². The van der Waals surface area contributed by atoms with Crippen LogP contribution in [0.5, 0.6) is 0 Å². The van der Waals surface area contributed by atoms with Gasteiger partial charge in [-0.3, -0.25) is 0 Å². The zero-order chi connectivity index (χ0) is 10.4. The molecule has 0 amide bonds. The zero-order valence-electron chi connectivity index (χ0n) is 8.83. The van der Waals surface area contributed by atoms with Crippen molar-refractivity contribution in [3.8, 4) is 0 Å². The molecule has 0 saturated carbocycles. The first-order chi connectivity index (χ1) is 6.72. The molecule has 1 rings (SSSR count). The minimum Gasteiger partial charge on any atom is -0.389 e. The highest BCUT2D eigenvalue weighted by atomic mass is 14.9.